The Bertz CT molecular complexity index is 185. The van der Waals surface area contributed by atoms with Crippen molar-refractivity contribution in [3.05, 3.63) is 0 Å². The van der Waals surface area contributed by atoms with Gasteiger partial charge >= 0.3 is 0 Å². The number of ether oxygens (including phenoxy) is 1. The Kier molecular flexibility index (Phi) is 7.82. The lowest BCUT2D eigenvalue weighted by Crippen LogP contribution is -2.40. The smallest absolute Gasteiger partial charge is 0.0702 e. The quantitative estimate of drug-likeness (QED) is 0.706. The van der Waals surface area contributed by atoms with Gasteiger partial charge in [-0.05, 0) is 59.2 Å². The van der Waals surface area contributed by atoms with E-state index in [0.29, 0.717) is 12.1 Å². The summed E-state index contributed by atoms with van der Waals surface area (Å²) in [5.41, 5.74) is 0. The molecule has 1 N–H and O–H groups in total. The fraction of sp³-hybridized carbons (Fsp3) is 1.00. The van der Waals surface area contributed by atoms with E-state index >= 15 is 0 Å². The zero-order chi connectivity index (χ0) is 12.5. The molecular weight excluding hydrogens is 212 g/mol. The molecule has 0 aromatic heterocycles. The van der Waals surface area contributed by atoms with Crippen molar-refractivity contribution in [2.24, 2.45) is 0 Å². The molecule has 17 heavy (non-hydrogen) atoms. The third kappa shape index (κ3) is 6.39. The van der Waals surface area contributed by atoms with Crippen LogP contribution in [0.15, 0.2) is 0 Å². The second-order valence-electron chi connectivity index (χ2n) is 5.12. The van der Waals surface area contributed by atoms with Gasteiger partial charge in [-0.25, -0.2) is 0 Å². The Hall–Kier alpha value is -0.120. The van der Waals surface area contributed by atoms with E-state index in [1.54, 1.807) is 0 Å². The highest BCUT2D eigenvalue weighted by Crippen LogP contribution is 2.14. The molecule has 1 saturated heterocycles. The van der Waals surface area contributed by atoms with Gasteiger partial charge in [-0.1, -0.05) is 6.92 Å². The van der Waals surface area contributed by atoms with E-state index < -0.39 is 0 Å². The molecule has 102 valence electrons. The second-order valence-corrected chi connectivity index (χ2v) is 5.12. The first-order chi connectivity index (χ1) is 8.26. The third-order valence-electron chi connectivity index (χ3n) is 3.53. The number of rotatable bonds is 8. The number of hydrogen-bond donors (Lipinski definition) is 1. The van der Waals surface area contributed by atoms with Gasteiger partial charge in [0.15, 0.2) is 0 Å². The van der Waals surface area contributed by atoms with Crippen molar-refractivity contribution in [1.82, 2.24) is 10.2 Å². The van der Waals surface area contributed by atoms with Gasteiger partial charge in [0.1, 0.15) is 0 Å². The SMILES string of the molecule is CCNC(C)CCCN1CCCC(OCC)C1. The Labute approximate surface area is 107 Å². The predicted molar refractivity (Wildman–Crippen MR) is 73.5 cm³/mol. The molecule has 0 aromatic carbocycles. The summed E-state index contributed by atoms with van der Waals surface area (Å²) >= 11 is 0. The molecule has 0 bridgehead atoms. The maximum Gasteiger partial charge on any atom is 0.0702 e. The molecule has 1 heterocycles. The maximum absolute atomic E-state index is 5.73. The van der Waals surface area contributed by atoms with Crippen molar-refractivity contribution in [1.29, 1.82) is 0 Å². The summed E-state index contributed by atoms with van der Waals surface area (Å²) in [5, 5.41) is 3.47. The molecule has 3 heteroatoms. The average molecular weight is 242 g/mol. The molecule has 1 rings (SSSR count). The summed E-state index contributed by atoms with van der Waals surface area (Å²) in [6.45, 7) is 12.1. The fourth-order valence-electron chi connectivity index (χ4n) is 2.66. The minimum atomic E-state index is 0.486. The third-order valence-corrected chi connectivity index (χ3v) is 3.53. The van der Waals surface area contributed by atoms with E-state index in [1.165, 1.54) is 38.8 Å². The highest BCUT2D eigenvalue weighted by Gasteiger charge is 2.19. The first kappa shape index (κ1) is 14.9. The van der Waals surface area contributed by atoms with E-state index in [0.717, 1.165) is 19.7 Å². The van der Waals surface area contributed by atoms with Crippen LogP contribution in [0.2, 0.25) is 0 Å². The first-order valence-electron chi connectivity index (χ1n) is 7.33. The molecular formula is C14H30N2O. The Balaban J connectivity index is 2.09. The summed E-state index contributed by atoms with van der Waals surface area (Å²) in [6, 6.07) is 0.660. The van der Waals surface area contributed by atoms with Crippen LogP contribution in [-0.2, 0) is 4.74 Å². The minimum Gasteiger partial charge on any atom is -0.377 e. The lowest BCUT2D eigenvalue weighted by molar-refractivity contribution is 0.00549. The highest BCUT2D eigenvalue weighted by molar-refractivity contribution is 4.73. The van der Waals surface area contributed by atoms with Crippen molar-refractivity contribution >= 4 is 0 Å². The van der Waals surface area contributed by atoms with Gasteiger partial charge in [0, 0.05) is 19.2 Å². The summed E-state index contributed by atoms with van der Waals surface area (Å²) in [5.74, 6) is 0. The summed E-state index contributed by atoms with van der Waals surface area (Å²) in [4.78, 5) is 2.57. The Morgan fingerprint density at radius 1 is 1.41 bits per heavy atom. The van der Waals surface area contributed by atoms with Gasteiger partial charge in [0.25, 0.3) is 0 Å². The van der Waals surface area contributed by atoms with E-state index in [2.05, 4.69) is 31.0 Å². The van der Waals surface area contributed by atoms with E-state index in [9.17, 15) is 0 Å². The highest BCUT2D eigenvalue weighted by atomic mass is 16.5. The summed E-state index contributed by atoms with van der Waals surface area (Å²) in [7, 11) is 0. The van der Waals surface area contributed by atoms with Crippen LogP contribution in [0.1, 0.15) is 46.5 Å². The summed E-state index contributed by atoms with van der Waals surface area (Å²) in [6.07, 6.45) is 5.61. The van der Waals surface area contributed by atoms with Crippen molar-refractivity contribution in [2.45, 2.75) is 58.6 Å². The fourth-order valence-corrected chi connectivity index (χ4v) is 2.66. The Morgan fingerprint density at radius 2 is 2.24 bits per heavy atom. The van der Waals surface area contributed by atoms with Crippen LogP contribution >= 0.6 is 0 Å². The van der Waals surface area contributed by atoms with Crippen molar-refractivity contribution in [2.75, 3.05) is 32.8 Å². The van der Waals surface area contributed by atoms with E-state index in [-0.39, 0.29) is 0 Å². The predicted octanol–water partition coefficient (Wildman–Crippen LogP) is 2.27. The molecule has 0 saturated carbocycles. The molecule has 0 spiro atoms. The van der Waals surface area contributed by atoms with Gasteiger partial charge in [-0.2, -0.15) is 0 Å². The van der Waals surface area contributed by atoms with Gasteiger partial charge in [-0.3, -0.25) is 0 Å². The molecule has 0 aromatic rings. The zero-order valence-corrected chi connectivity index (χ0v) is 11.9. The van der Waals surface area contributed by atoms with Crippen molar-refractivity contribution < 1.29 is 4.74 Å². The van der Waals surface area contributed by atoms with Crippen molar-refractivity contribution in [3.8, 4) is 0 Å². The maximum atomic E-state index is 5.73. The molecule has 0 aliphatic carbocycles. The lowest BCUT2D eigenvalue weighted by atomic mass is 10.1. The number of piperidine rings is 1. The van der Waals surface area contributed by atoms with Gasteiger partial charge in [0.2, 0.25) is 0 Å². The molecule has 1 aliphatic heterocycles. The summed E-state index contributed by atoms with van der Waals surface area (Å²) < 4.78 is 5.73. The Morgan fingerprint density at radius 3 is 2.94 bits per heavy atom. The van der Waals surface area contributed by atoms with Crippen LogP contribution in [0.3, 0.4) is 0 Å². The normalized spacial score (nSPS) is 23.8. The minimum absolute atomic E-state index is 0.486. The second kappa shape index (κ2) is 8.90. The van der Waals surface area contributed by atoms with Crippen LogP contribution in [-0.4, -0.2) is 49.8 Å². The average Bonchev–Trinajstić information content (AvgIpc) is 2.30. The number of nitrogens with one attached hydrogen (secondary N) is 1. The first-order valence-corrected chi connectivity index (χ1v) is 7.33. The van der Waals surface area contributed by atoms with Crippen LogP contribution in [0, 0.1) is 0 Å². The van der Waals surface area contributed by atoms with Crippen LogP contribution < -0.4 is 5.32 Å². The monoisotopic (exact) mass is 242 g/mol. The topological polar surface area (TPSA) is 24.5 Å². The van der Waals surface area contributed by atoms with Crippen LogP contribution in [0.25, 0.3) is 0 Å². The largest absolute Gasteiger partial charge is 0.377 e. The molecule has 1 aliphatic rings. The number of nitrogens with zero attached hydrogens (tertiary/aromatic N) is 1. The van der Waals surface area contributed by atoms with Crippen LogP contribution in [0.5, 0.6) is 0 Å². The zero-order valence-electron chi connectivity index (χ0n) is 11.9. The van der Waals surface area contributed by atoms with Gasteiger partial charge < -0.3 is 15.0 Å². The standard InChI is InChI=1S/C14H30N2O/c1-4-15-13(3)8-6-10-16-11-7-9-14(12-16)17-5-2/h13-15H,4-12H2,1-3H3. The molecule has 2 unspecified atom stereocenters. The number of hydrogen-bond acceptors (Lipinski definition) is 3. The molecule has 3 nitrogen and oxygen atoms in total. The molecule has 0 amide bonds. The van der Waals surface area contributed by atoms with Crippen molar-refractivity contribution in [3.63, 3.8) is 0 Å². The van der Waals surface area contributed by atoms with Crippen LogP contribution in [0.4, 0.5) is 0 Å². The van der Waals surface area contributed by atoms with E-state index in [1.807, 2.05) is 0 Å². The number of likely N-dealkylation sites (tertiary alicyclic amines) is 1. The van der Waals surface area contributed by atoms with E-state index in [4.69, 9.17) is 4.74 Å². The lowest BCUT2D eigenvalue weighted by Gasteiger charge is -2.32. The molecule has 2 atom stereocenters. The molecule has 0 radical (unpaired) electrons. The molecule has 1 fully saturated rings. The van der Waals surface area contributed by atoms with Gasteiger partial charge in [-0.15, -0.1) is 0 Å². The van der Waals surface area contributed by atoms with Gasteiger partial charge in [0.05, 0.1) is 6.10 Å².